The third kappa shape index (κ3) is 6.31. The molecule has 98 valence electrons. The fraction of sp³-hybridized carbons (Fsp3) is 0.769. The Balaban J connectivity index is 2.14. The van der Waals surface area contributed by atoms with Crippen molar-refractivity contribution >= 4 is 6.09 Å². The van der Waals surface area contributed by atoms with Gasteiger partial charge in [0.1, 0.15) is 5.60 Å². The number of hydrogen-bond acceptors (Lipinski definition) is 3. The molecule has 0 saturated carbocycles. The van der Waals surface area contributed by atoms with Crippen molar-refractivity contribution in [1.82, 2.24) is 10.2 Å². The van der Waals surface area contributed by atoms with Crippen LogP contribution >= 0.6 is 0 Å². The first-order valence-electron chi connectivity index (χ1n) is 6.22. The van der Waals surface area contributed by atoms with Crippen molar-refractivity contribution in [3.8, 4) is 0 Å². The normalized spacial score (nSPS) is 17.5. The van der Waals surface area contributed by atoms with Gasteiger partial charge in [0.25, 0.3) is 0 Å². The molecule has 4 heteroatoms. The van der Waals surface area contributed by atoms with Crippen LogP contribution in [-0.2, 0) is 4.74 Å². The molecule has 1 N–H and O–H groups in total. The van der Waals surface area contributed by atoms with Gasteiger partial charge in [-0.25, -0.2) is 4.79 Å². The zero-order chi connectivity index (χ0) is 12.9. The molecule has 1 rings (SSSR count). The predicted molar refractivity (Wildman–Crippen MR) is 69.1 cm³/mol. The molecule has 0 spiro atoms. The summed E-state index contributed by atoms with van der Waals surface area (Å²) in [6.07, 6.45) is 3.05. The van der Waals surface area contributed by atoms with Crippen molar-refractivity contribution in [2.45, 2.75) is 39.7 Å². The van der Waals surface area contributed by atoms with E-state index in [0.29, 0.717) is 6.54 Å². The molecule has 1 heterocycles. The summed E-state index contributed by atoms with van der Waals surface area (Å²) in [6.45, 7) is 11.3. The van der Waals surface area contributed by atoms with E-state index in [1.54, 1.807) is 0 Å². The lowest BCUT2D eigenvalue weighted by molar-refractivity contribution is 0.0522. The van der Waals surface area contributed by atoms with Crippen molar-refractivity contribution in [3.63, 3.8) is 0 Å². The molecule has 0 saturated heterocycles. The molecule has 0 bridgehead atoms. The zero-order valence-corrected chi connectivity index (χ0v) is 11.4. The third-order valence-electron chi connectivity index (χ3n) is 2.62. The second-order valence-electron chi connectivity index (χ2n) is 5.53. The maximum Gasteiger partial charge on any atom is 0.407 e. The van der Waals surface area contributed by atoms with Gasteiger partial charge in [-0.3, -0.25) is 4.90 Å². The van der Waals surface area contributed by atoms with Gasteiger partial charge < -0.3 is 10.1 Å². The zero-order valence-electron chi connectivity index (χ0n) is 11.4. The standard InChI is InChI=1S/C13H24N2O2/c1-11-5-8-15(9-6-11)10-7-14-12(16)17-13(2,3)4/h5H,6-10H2,1-4H3,(H,14,16). The molecule has 4 nitrogen and oxygen atoms in total. The number of carbonyl (C=O) groups excluding carboxylic acids is 1. The molecule has 0 aliphatic carbocycles. The Bertz CT molecular complexity index is 292. The first-order valence-corrected chi connectivity index (χ1v) is 6.22. The Labute approximate surface area is 104 Å². The second-order valence-corrected chi connectivity index (χ2v) is 5.53. The lowest BCUT2D eigenvalue weighted by atomic mass is 10.1. The quantitative estimate of drug-likeness (QED) is 0.769. The van der Waals surface area contributed by atoms with E-state index in [9.17, 15) is 4.79 Å². The van der Waals surface area contributed by atoms with Gasteiger partial charge in [-0.1, -0.05) is 11.6 Å². The summed E-state index contributed by atoms with van der Waals surface area (Å²) in [6, 6.07) is 0. The molecule has 0 aromatic carbocycles. The highest BCUT2D eigenvalue weighted by molar-refractivity contribution is 5.67. The molecule has 0 atom stereocenters. The molecule has 0 unspecified atom stereocenters. The molecule has 1 aliphatic heterocycles. The maximum atomic E-state index is 11.4. The second kappa shape index (κ2) is 6.05. The van der Waals surface area contributed by atoms with Crippen LogP contribution in [0.2, 0.25) is 0 Å². The summed E-state index contributed by atoms with van der Waals surface area (Å²) in [4.78, 5) is 13.7. The molecule has 1 amide bonds. The third-order valence-corrected chi connectivity index (χ3v) is 2.62. The van der Waals surface area contributed by atoms with E-state index in [4.69, 9.17) is 4.74 Å². The Morgan fingerprint density at radius 1 is 1.53 bits per heavy atom. The Hall–Kier alpha value is -1.03. The van der Waals surface area contributed by atoms with E-state index in [1.807, 2.05) is 20.8 Å². The average molecular weight is 240 g/mol. The van der Waals surface area contributed by atoms with Crippen molar-refractivity contribution in [1.29, 1.82) is 0 Å². The van der Waals surface area contributed by atoms with Gasteiger partial charge >= 0.3 is 6.09 Å². The minimum absolute atomic E-state index is 0.332. The fourth-order valence-corrected chi connectivity index (χ4v) is 1.65. The maximum absolute atomic E-state index is 11.4. The van der Waals surface area contributed by atoms with Crippen molar-refractivity contribution in [2.24, 2.45) is 0 Å². The fourth-order valence-electron chi connectivity index (χ4n) is 1.65. The molecule has 1 aliphatic rings. The Morgan fingerprint density at radius 2 is 2.24 bits per heavy atom. The van der Waals surface area contributed by atoms with Crippen LogP contribution in [0, 0.1) is 0 Å². The topological polar surface area (TPSA) is 41.6 Å². The summed E-state index contributed by atoms with van der Waals surface area (Å²) in [5.74, 6) is 0. The monoisotopic (exact) mass is 240 g/mol. The first-order chi connectivity index (χ1) is 7.87. The van der Waals surface area contributed by atoms with Crippen LogP contribution < -0.4 is 5.32 Å². The number of nitrogens with one attached hydrogen (secondary N) is 1. The van der Waals surface area contributed by atoms with Crippen LogP contribution in [0.25, 0.3) is 0 Å². The summed E-state index contributed by atoms with van der Waals surface area (Å²) >= 11 is 0. The largest absolute Gasteiger partial charge is 0.444 e. The molecule has 17 heavy (non-hydrogen) atoms. The number of ether oxygens (including phenoxy) is 1. The van der Waals surface area contributed by atoms with Gasteiger partial charge in [-0.05, 0) is 34.1 Å². The van der Waals surface area contributed by atoms with Crippen molar-refractivity contribution in [2.75, 3.05) is 26.2 Å². The van der Waals surface area contributed by atoms with Gasteiger partial charge in [-0.2, -0.15) is 0 Å². The molecule has 0 radical (unpaired) electrons. The highest BCUT2D eigenvalue weighted by Gasteiger charge is 2.16. The van der Waals surface area contributed by atoms with E-state index in [2.05, 4.69) is 23.2 Å². The Morgan fingerprint density at radius 3 is 2.76 bits per heavy atom. The SMILES string of the molecule is CC1=CCN(CCNC(=O)OC(C)(C)C)CC1. The smallest absolute Gasteiger partial charge is 0.407 e. The van der Waals surface area contributed by atoms with E-state index >= 15 is 0 Å². The highest BCUT2D eigenvalue weighted by Crippen LogP contribution is 2.09. The van der Waals surface area contributed by atoms with Gasteiger partial charge in [0.15, 0.2) is 0 Å². The van der Waals surface area contributed by atoms with Crippen molar-refractivity contribution in [3.05, 3.63) is 11.6 Å². The summed E-state index contributed by atoms with van der Waals surface area (Å²) < 4.78 is 5.16. The van der Waals surface area contributed by atoms with Crippen LogP contribution in [0.15, 0.2) is 11.6 Å². The van der Waals surface area contributed by atoms with E-state index in [1.165, 1.54) is 5.57 Å². The summed E-state index contributed by atoms with van der Waals surface area (Å²) in [7, 11) is 0. The van der Waals surface area contributed by atoms with Crippen LogP contribution in [0.4, 0.5) is 4.79 Å². The first kappa shape index (κ1) is 14.0. The number of nitrogens with zero attached hydrogens (tertiary/aromatic N) is 1. The highest BCUT2D eigenvalue weighted by atomic mass is 16.6. The van der Waals surface area contributed by atoms with Gasteiger partial charge in [0, 0.05) is 26.2 Å². The van der Waals surface area contributed by atoms with Crippen LogP contribution in [0.3, 0.4) is 0 Å². The van der Waals surface area contributed by atoms with Gasteiger partial charge in [0.05, 0.1) is 0 Å². The number of alkyl carbamates (subject to hydrolysis) is 1. The van der Waals surface area contributed by atoms with Crippen LogP contribution in [0.1, 0.15) is 34.1 Å². The number of carbonyl (C=O) groups is 1. The summed E-state index contributed by atoms with van der Waals surface area (Å²) in [5.41, 5.74) is 1.04. The van der Waals surface area contributed by atoms with Crippen molar-refractivity contribution < 1.29 is 9.53 Å². The summed E-state index contributed by atoms with van der Waals surface area (Å²) in [5, 5.41) is 2.77. The number of hydrogen-bond donors (Lipinski definition) is 1. The minimum Gasteiger partial charge on any atom is -0.444 e. The van der Waals surface area contributed by atoms with Gasteiger partial charge in [-0.15, -0.1) is 0 Å². The molecule has 0 aromatic rings. The molecular weight excluding hydrogens is 216 g/mol. The Kier molecular flexibility index (Phi) is 5.00. The lowest BCUT2D eigenvalue weighted by Gasteiger charge is -2.25. The number of amides is 1. The molecular formula is C13H24N2O2. The molecule has 0 fully saturated rings. The van der Waals surface area contributed by atoms with E-state index in [0.717, 1.165) is 26.1 Å². The lowest BCUT2D eigenvalue weighted by Crippen LogP contribution is -2.39. The van der Waals surface area contributed by atoms with Crippen LogP contribution in [0.5, 0.6) is 0 Å². The minimum atomic E-state index is -0.422. The van der Waals surface area contributed by atoms with Crippen LogP contribution in [-0.4, -0.2) is 42.8 Å². The molecule has 0 aromatic heterocycles. The van der Waals surface area contributed by atoms with Gasteiger partial charge in [0.2, 0.25) is 0 Å². The average Bonchev–Trinajstić information content (AvgIpc) is 2.18. The van der Waals surface area contributed by atoms with E-state index in [-0.39, 0.29) is 6.09 Å². The van der Waals surface area contributed by atoms with E-state index < -0.39 is 5.60 Å². The number of rotatable bonds is 3. The predicted octanol–water partition coefficient (Wildman–Crippen LogP) is 2.16.